The summed E-state index contributed by atoms with van der Waals surface area (Å²) in [4.78, 5) is 25.6. The Balaban J connectivity index is 0.488. The maximum atomic E-state index is 12.8. The standard InChI is InChI=1S/C88H98N4O6/c93-85(91-81-55-51-79(52-56-81)87(73-35-17-11-18-36-73,74-37-19-12-20-38-74)75-39-21-13-22-40-75)97-67-33-9-7-31-65-95-83-59-47-71(48-60-83)69-89-63-29-5-3-1-2-4-6-30-64-90-70-72-49-61-84(62-50-72)96-66-32-8-10-34-68-98-86(94)92-82-57-53-80(54-58-82)88(76-41-23-14-24-42-76,77-43-25-15-26-44-77)78-45-27-16-28-46-78/h11-28,35-62,89-90H,1-10,29-34,63-70H2,(H,91,93)(H,92,94). The number of hydrogen-bond acceptors (Lipinski definition) is 8. The van der Waals surface area contributed by atoms with E-state index in [1.54, 1.807) is 0 Å². The van der Waals surface area contributed by atoms with Gasteiger partial charge >= 0.3 is 12.2 Å². The van der Waals surface area contributed by atoms with E-state index in [1.807, 2.05) is 24.3 Å². The molecule has 0 aliphatic heterocycles. The van der Waals surface area contributed by atoms with Gasteiger partial charge in [0.2, 0.25) is 0 Å². The maximum absolute atomic E-state index is 12.8. The van der Waals surface area contributed by atoms with Crippen LogP contribution in [0.15, 0.2) is 279 Å². The lowest BCUT2D eigenvalue weighted by molar-refractivity contribution is 0.158. The van der Waals surface area contributed by atoms with E-state index in [4.69, 9.17) is 18.9 Å². The number of carbonyl (C=O) groups excluding carboxylic acids is 2. The number of hydrogen-bond donors (Lipinski definition) is 4. The number of nitrogens with one attached hydrogen (secondary N) is 4. The predicted molar refractivity (Wildman–Crippen MR) is 401 cm³/mol. The molecule has 0 saturated carbocycles. The summed E-state index contributed by atoms with van der Waals surface area (Å²) < 4.78 is 23.2. The van der Waals surface area contributed by atoms with Gasteiger partial charge in [-0.1, -0.05) is 269 Å². The van der Waals surface area contributed by atoms with Crippen molar-refractivity contribution in [3.05, 3.63) is 335 Å². The molecule has 2 amide bonds. The molecule has 0 bridgehead atoms. The fourth-order valence-electron chi connectivity index (χ4n) is 13.3. The molecule has 0 unspecified atom stereocenters. The summed E-state index contributed by atoms with van der Waals surface area (Å²) in [6.45, 7) is 5.88. The number of amides is 2. The fourth-order valence-corrected chi connectivity index (χ4v) is 13.3. The third-order valence-corrected chi connectivity index (χ3v) is 18.4. The molecule has 98 heavy (non-hydrogen) atoms. The SMILES string of the molecule is O=C(Nc1ccc(C(c2ccccc2)(c2ccccc2)c2ccccc2)cc1)OCCCCCCOc1ccc(CNCCCCCCCCCCNCc2ccc(OCCCCCCOC(=O)Nc3ccc(C(c4ccccc4)(c4ccccc4)c4ccccc4)cc3)cc2)cc1. The number of benzene rings is 10. The van der Waals surface area contributed by atoms with Crippen LogP contribution in [-0.4, -0.2) is 51.7 Å². The molecule has 0 aliphatic carbocycles. The Bertz CT molecular complexity index is 3380. The zero-order valence-electron chi connectivity index (χ0n) is 57.0. The van der Waals surface area contributed by atoms with E-state index in [9.17, 15) is 9.59 Å². The van der Waals surface area contributed by atoms with E-state index in [1.165, 1.54) is 95.9 Å². The molecule has 0 aliphatic rings. The van der Waals surface area contributed by atoms with Gasteiger partial charge in [0.05, 0.1) is 37.3 Å². The van der Waals surface area contributed by atoms with E-state index in [0.717, 1.165) is 100 Å². The second-order valence-electron chi connectivity index (χ2n) is 25.4. The van der Waals surface area contributed by atoms with Gasteiger partial charge in [0.15, 0.2) is 0 Å². The topological polar surface area (TPSA) is 119 Å². The summed E-state index contributed by atoms with van der Waals surface area (Å²) >= 11 is 0. The van der Waals surface area contributed by atoms with E-state index < -0.39 is 23.0 Å². The molecule has 10 aromatic carbocycles. The van der Waals surface area contributed by atoms with Crippen molar-refractivity contribution in [2.24, 2.45) is 0 Å². The van der Waals surface area contributed by atoms with E-state index >= 15 is 0 Å². The zero-order chi connectivity index (χ0) is 67.4. The van der Waals surface area contributed by atoms with Gasteiger partial charge in [-0.05, 0) is 181 Å². The molecule has 10 heteroatoms. The second kappa shape index (κ2) is 39.5. The highest BCUT2D eigenvalue weighted by Crippen LogP contribution is 2.47. The Labute approximate surface area is 582 Å². The predicted octanol–water partition coefficient (Wildman–Crippen LogP) is 20.8. The average Bonchev–Trinajstić information content (AvgIpc) is 0.746. The van der Waals surface area contributed by atoms with Gasteiger partial charge in [0.25, 0.3) is 0 Å². The summed E-state index contributed by atoms with van der Waals surface area (Å²) in [5.41, 5.74) is 12.1. The molecular formula is C88H98N4O6. The molecule has 4 N–H and O–H groups in total. The van der Waals surface area contributed by atoms with E-state index in [-0.39, 0.29) is 0 Å². The number of carbonyl (C=O) groups is 2. The molecule has 0 saturated heterocycles. The second-order valence-corrected chi connectivity index (χ2v) is 25.4. The Morgan fingerprint density at radius 1 is 0.255 bits per heavy atom. The van der Waals surface area contributed by atoms with Crippen LogP contribution < -0.4 is 30.7 Å². The van der Waals surface area contributed by atoms with Crippen molar-refractivity contribution >= 4 is 23.6 Å². The lowest BCUT2D eigenvalue weighted by Gasteiger charge is -2.37. The van der Waals surface area contributed by atoms with E-state index in [2.05, 4.69) is 276 Å². The molecular weight excluding hydrogens is 1210 g/mol. The van der Waals surface area contributed by atoms with Crippen molar-refractivity contribution in [2.75, 3.05) is 50.2 Å². The summed E-state index contributed by atoms with van der Waals surface area (Å²) in [5, 5.41) is 13.1. The number of ether oxygens (including phenoxy) is 4. The minimum absolute atomic E-state index is 0.370. The van der Waals surface area contributed by atoms with Gasteiger partial charge in [-0.2, -0.15) is 0 Å². The van der Waals surface area contributed by atoms with Crippen molar-refractivity contribution in [1.29, 1.82) is 0 Å². The molecule has 10 nitrogen and oxygen atoms in total. The summed E-state index contributed by atoms with van der Waals surface area (Å²) in [6, 6.07) is 96.8. The largest absolute Gasteiger partial charge is 0.494 e. The summed E-state index contributed by atoms with van der Waals surface area (Å²) in [5.74, 6) is 1.80. The summed E-state index contributed by atoms with van der Waals surface area (Å²) in [6.07, 6.45) is 16.7. The van der Waals surface area contributed by atoms with Gasteiger partial charge in [-0.15, -0.1) is 0 Å². The van der Waals surface area contributed by atoms with Crippen molar-refractivity contribution < 1.29 is 28.5 Å². The fraction of sp³-hybridized carbons (Fsp3) is 0.295. The number of unbranched alkanes of at least 4 members (excludes halogenated alkanes) is 13. The monoisotopic (exact) mass is 1310 g/mol. The minimum atomic E-state index is -0.542. The highest BCUT2D eigenvalue weighted by Gasteiger charge is 2.39. The average molecular weight is 1310 g/mol. The highest BCUT2D eigenvalue weighted by atomic mass is 16.6. The van der Waals surface area contributed by atoms with Gasteiger partial charge in [-0.25, -0.2) is 9.59 Å². The smallest absolute Gasteiger partial charge is 0.411 e. The molecule has 0 atom stereocenters. The van der Waals surface area contributed by atoms with Crippen LogP contribution in [0.5, 0.6) is 11.5 Å². The summed E-state index contributed by atoms with van der Waals surface area (Å²) in [7, 11) is 0. The first-order valence-electron chi connectivity index (χ1n) is 35.8. The Hall–Kier alpha value is -9.74. The molecule has 10 aromatic rings. The molecule has 506 valence electrons. The Morgan fingerprint density at radius 2 is 0.500 bits per heavy atom. The van der Waals surface area contributed by atoms with Crippen LogP contribution in [0.1, 0.15) is 158 Å². The van der Waals surface area contributed by atoms with Crippen LogP contribution in [0.2, 0.25) is 0 Å². The van der Waals surface area contributed by atoms with Gasteiger partial charge in [-0.3, -0.25) is 10.6 Å². The Morgan fingerprint density at radius 3 is 0.786 bits per heavy atom. The van der Waals surface area contributed by atoms with E-state index in [0.29, 0.717) is 37.8 Å². The quantitative estimate of drug-likeness (QED) is 0.0221. The third kappa shape index (κ3) is 20.9. The first-order valence-corrected chi connectivity index (χ1v) is 35.8. The van der Waals surface area contributed by atoms with Crippen molar-refractivity contribution in [3.8, 4) is 11.5 Å². The van der Waals surface area contributed by atoms with Crippen LogP contribution >= 0.6 is 0 Å². The molecule has 0 radical (unpaired) electrons. The third-order valence-electron chi connectivity index (χ3n) is 18.4. The first-order chi connectivity index (χ1) is 48.5. The van der Waals surface area contributed by atoms with Crippen molar-refractivity contribution in [3.63, 3.8) is 0 Å². The molecule has 10 rings (SSSR count). The number of anilines is 2. The lowest BCUT2D eigenvalue weighted by atomic mass is 9.65. The van der Waals surface area contributed by atoms with Crippen LogP contribution in [0.25, 0.3) is 0 Å². The minimum Gasteiger partial charge on any atom is -0.494 e. The lowest BCUT2D eigenvalue weighted by Crippen LogP contribution is -2.31. The molecule has 0 fully saturated rings. The Kier molecular flexibility index (Phi) is 28.6. The number of rotatable bonds is 41. The maximum Gasteiger partial charge on any atom is 0.411 e. The normalized spacial score (nSPS) is 11.4. The van der Waals surface area contributed by atoms with Crippen LogP contribution in [-0.2, 0) is 33.4 Å². The van der Waals surface area contributed by atoms with Gasteiger partial charge < -0.3 is 29.6 Å². The van der Waals surface area contributed by atoms with Crippen molar-refractivity contribution in [1.82, 2.24) is 10.6 Å². The molecule has 0 heterocycles. The zero-order valence-corrected chi connectivity index (χ0v) is 57.0. The molecule has 0 spiro atoms. The highest BCUT2D eigenvalue weighted by molar-refractivity contribution is 5.85. The van der Waals surface area contributed by atoms with Gasteiger partial charge in [0.1, 0.15) is 11.5 Å². The first kappa shape index (κ1) is 71.0. The van der Waals surface area contributed by atoms with Crippen LogP contribution in [0.4, 0.5) is 21.0 Å². The molecule has 0 aromatic heterocycles. The van der Waals surface area contributed by atoms with Gasteiger partial charge in [0, 0.05) is 24.5 Å². The van der Waals surface area contributed by atoms with Crippen LogP contribution in [0, 0.1) is 0 Å². The van der Waals surface area contributed by atoms with Crippen LogP contribution in [0.3, 0.4) is 0 Å². The van der Waals surface area contributed by atoms with Crippen molar-refractivity contribution in [2.45, 2.75) is 127 Å².